The number of piperazine rings is 1. The highest BCUT2D eigenvalue weighted by Gasteiger charge is 2.20. The Morgan fingerprint density at radius 2 is 1.81 bits per heavy atom. The molecule has 3 rings (SSSR count). The second-order valence-corrected chi connectivity index (χ2v) is 6.18. The Kier molecular flexibility index (Phi) is 8.73. The van der Waals surface area contributed by atoms with Crippen LogP contribution in [0.4, 0.5) is 5.95 Å². The summed E-state index contributed by atoms with van der Waals surface area (Å²) >= 11 is 0. The minimum atomic E-state index is 0. The number of guanidine groups is 1. The largest absolute Gasteiger partial charge is 0.380 e. The number of nitrogens with zero attached hydrogens (tertiary/aromatic N) is 5. The Bertz CT molecular complexity index is 719. The van der Waals surface area contributed by atoms with Crippen molar-refractivity contribution in [2.75, 3.05) is 45.2 Å². The molecular formula is C19H27IN6O. The van der Waals surface area contributed by atoms with Crippen LogP contribution in [0.25, 0.3) is 0 Å². The van der Waals surface area contributed by atoms with Gasteiger partial charge in [-0.15, -0.1) is 24.0 Å². The third-order valence-electron chi connectivity index (χ3n) is 4.38. The van der Waals surface area contributed by atoms with Crippen molar-refractivity contribution < 1.29 is 4.74 Å². The van der Waals surface area contributed by atoms with Gasteiger partial charge in [-0.3, -0.25) is 4.99 Å². The summed E-state index contributed by atoms with van der Waals surface area (Å²) < 4.78 is 5.20. The molecule has 1 saturated heterocycles. The molecule has 0 saturated carbocycles. The van der Waals surface area contributed by atoms with Crippen LogP contribution < -0.4 is 10.2 Å². The zero-order chi connectivity index (χ0) is 18.2. The first-order valence-corrected chi connectivity index (χ1v) is 8.84. The van der Waals surface area contributed by atoms with E-state index in [1.807, 2.05) is 13.1 Å². The van der Waals surface area contributed by atoms with E-state index < -0.39 is 0 Å². The van der Waals surface area contributed by atoms with Crippen LogP contribution in [0.15, 0.2) is 47.7 Å². The Morgan fingerprint density at radius 3 is 2.48 bits per heavy atom. The molecule has 0 bridgehead atoms. The van der Waals surface area contributed by atoms with Gasteiger partial charge < -0.3 is 19.9 Å². The predicted molar refractivity (Wildman–Crippen MR) is 119 cm³/mol. The monoisotopic (exact) mass is 482 g/mol. The first kappa shape index (κ1) is 21.4. The number of aliphatic imine (C=N–C) groups is 1. The SMILES string of the molecule is CN=C(NCc1cccc(COC)c1)N1CCN(c2ncccn2)CC1.I. The maximum absolute atomic E-state index is 5.20. The van der Waals surface area contributed by atoms with E-state index in [0.29, 0.717) is 6.61 Å². The number of methoxy groups -OCH3 is 1. The molecule has 8 heteroatoms. The molecule has 27 heavy (non-hydrogen) atoms. The maximum atomic E-state index is 5.20. The fourth-order valence-corrected chi connectivity index (χ4v) is 3.08. The Balaban J connectivity index is 0.00000261. The number of halogens is 1. The van der Waals surface area contributed by atoms with Gasteiger partial charge in [0.2, 0.25) is 5.95 Å². The lowest BCUT2D eigenvalue weighted by Crippen LogP contribution is -2.52. The van der Waals surface area contributed by atoms with Crippen molar-refractivity contribution in [2.24, 2.45) is 4.99 Å². The highest BCUT2D eigenvalue weighted by Crippen LogP contribution is 2.10. The summed E-state index contributed by atoms with van der Waals surface area (Å²) in [5, 5.41) is 3.46. The highest BCUT2D eigenvalue weighted by molar-refractivity contribution is 14.0. The first-order valence-electron chi connectivity index (χ1n) is 8.84. The van der Waals surface area contributed by atoms with E-state index in [9.17, 15) is 0 Å². The van der Waals surface area contributed by atoms with Crippen LogP contribution in [0.1, 0.15) is 11.1 Å². The van der Waals surface area contributed by atoms with Crippen molar-refractivity contribution in [3.05, 3.63) is 53.9 Å². The molecule has 1 aliphatic rings. The van der Waals surface area contributed by atoms with Gasteiger partial charge in [0, 0.05) is 59.3 Å². The third kappa shape index (κ3) is 6.03. The quantitative estimate of drug-likeness (QED) is 0.401. The number of nitrogens with one attached hydrogen (secondary N) is 1. The average molecular weight is 482 g/mol. The van der Waals surface area contributed by atoms with Gasteiger partial charge in [0.1, 0.15) is 0 Å². The van der Waals surface area contributed by atoms with Gasteiger partial charge in [0.15, 0.2) is 5.96 Å². The molecule has 0 amide bonds. The van der Waals surface area contributed by atoms with Crippen molar-refractivity contribution in [3.63, 3.8) is 0 Å². The Labute approximate surface area is 177 Å². The molecule has 7 nitrogen and oxygen atoms in total. The molecule has 0 unspecified atom stereocenters. The van der Waals surface area contributed by atoms with Gasteiger partial charge in [0.25, 0.3) is 0 Å². The molecular weight excluding hydrogens is 455 g/mol. The molecule has 1 N–H and O–H groups in total. The standard InChI is InChI=1S/C19H26N6O.HI/c1-20-18(23-14-16-5-3-6-17(13-16)15-26-2)24-9-11-25(12-10-24)19-21-7-4-8-22-19;/h3-8,13H,9-12,14-15H2,1-2H3,(H,20,23);1H. The van der Waals surface area contributed by atoms with E-state index in [4.69, 9.17) is 4.74 Å². The fraction of sp³-hybridized carbons (Fsp3) is 0.421. The lowest BCUT2D eigenvalue weighted by atomic mass is 10.1. The molecule has 1 aromatic carbocycles. The second kappa shape index (κ2) is 11.0. The van der Waals surface area contributed by atoms with Crippen LogP contribution in [0.3, 0.4) is 0 Å². The molecule has 1 aromatic heterocycles. The van der Waals surface area contributed by atoms with Gasteiger partial charge in [-0.1, -0.05) is 24.3 Å². The second-order valence-electron chi connectivity index (χ2n) is 6.18. The molecule has 0 spiro atoms. The van der Waals surface area contributed by atoms with Gasteiger partial charge >= 0.3 is 0 Å². The fourth-order valence-electron chi connectivity index (χ4n) is 3.08. The highest BCUT2D eigenvalue weighted by atomic mass is 127. The van der Waals surface area contributed by atoms with Crippen molar-refractivity contribution in [1.82, 2.24) is 20.2 Å². The summed E-state index contributed by atoms with van der Waals surface area (Å²) in [6.07, 6.45) is 3.57. The van der Waals surface area contributed by atoms with Gasteiger partial charge in [-0.25, -0.2) is 9.97 Å². The zero-order valence-electron chi connectivity index (χ0n) is 15.8. The normalized spacial score (nSPS) is 14.7. The summed E-state index contributed by atoms with van der Waals surface area (Å²) in [4.78, 5) is 17.6. The number of benzene rings is 1. The van der Waals surface area contributed by atoms with Crippen LogP contribution in [-0.2, 0) is 17.9 Å². The zero-order valence-corrected chi connectivity index (χ0v) is 18.2. The third-order valence-corrected chi connectivity index (χ3v) is 4.38. The van der Waals surface area contributed by atoms with Crippen molar-refractivity contribution >= 4 is 35.9 Å². The molecule has 0 radical (unpaired) electrons. The molecule has 0 atom stereocenters. The van der Waals surface area contributed by atoms with E-state index in [2.05, 4.69) is 54.3 Å². The van der Waals surface area contributed by atoms with E-state index in [1.54, 1.807) is 19.5 Å². The summed E-state index contributed by atoms with van der Waals surface area (Å²) in [6, 6.07) is 10.3. The smallest absolute Gasteiger partial charge is 0.225 e. The number of hydrogen-bond acceptors (Lipinski definition) is 5. The Morgan fingerprint density at radius 1 is 1.11 bits per heavy atom. The molecule has 146 valence electrons. The molecule has 0 aliphatic carbocycles. The van der Waals surface area contributed by atoms with Gasteiger partial charge in [-0.2, -0.15) is 0 Å². The van der Waals surface area contributed by atoms with E-state index in [0.717, 1.165) is 44.6 Å². The van der Waals surface area contributed by atoms with Crippen molar-refractivity contribution in [2.45, 2.75) is 13.2 Å². The van der Waals surface area contributed by atoms with Crippen LogP contribution in [0.5, 0.6) is 0 Å². The van der Waals surface area contributed by atoms with E-state index in [1.165, 1.54) is 11.1 Å². The molecule has 1 fully saturated rings. The number of aromatic nitrogens is 2. The Hall–Kier alpha value is -1.94. The van der Waals surface area contributed by atoms with Crippen LogP contribution in [0.2, 0.25) is 0 Å². The minimum Gasteiger partial charge on any atom is -0.380 e. The average Bonchev–Trinajstić information content (AvgIpc) is 2.70. The van der Waals surface area contributed by atoms with Crippen molar-refractivity contribution in [1.29, 1.82) is 0 Å². The minimum absolute atomic E-state index is 0. The summed E-state index contributed by atoms with van der Waals surface area (Å²) in [5.74, 6) is 1.72. The molecule has 2 heterocycles. The van der Waals surface area contributed by atoms with E-state index in [-0.39, 0.29) is 24.0 Å². The van der Waals surface area contributed by atoms with Crippen LogP contribution in [-0.4, -0.2) is 61.2 Å². The molecule has 1 aliphatic heterocycles. The number of ether oxygens (including phenoxy) is 1. The predicted octanol–water partition coefficient (Wildman–Crippen LogP) is 2.14. The topological polar surface area (TPSA) is 65.9 Å². The van der Waals surface area contributed by atoms with Crippen molar-refractivity contribution in [3.8, 4) is 0 Å². The molecule has 2 aromatic rings. The number of anilines is 1. The van der Waals surface area contributed by atoms with Gasteiger partial charge in [-0.05, 0) is 17.2 Å². The van der Waals surface area contributed by atoms with Gasteiger partial charge in [0.05, 0.1) is 6.61 Å². The maximum Gasteiger partial charge on any atom is 0.225 e. The first-order chi connectivity index (χ1) is 12.8. The summed E-state index contributed by atoms with van der Waals surface area (Å²) in [7, 11) is 3.54. The number of rotatable bonds is 5. The lowest BCUT2D eigenvalue weighted by molar-refractivity contribution is 0.185. The van der Waals surface area contributed by atoms with Crippen LogP contribution in [0, 0.1) is 0 Å². The summed E-state index contributed by atoms with van der Waals surface area (Å²) in [6.45, 7) is 4.92. The summed E-state index contributed by atoms with van der Waals surface area (Å²) in [5.41, 5.74) is 2.40. The lowest BCUT2D eigenvalue weighted by Gasteiger charge is -2.36. The number of hydrogen-bond donors (Lipinski definition) is 1. The van der Waals surface area contributed by atoms with E-state index >= 15 is 0 Å². The van der Waals surface area contributed by atoms with Crippen LogP contribution >= 0.6 is 24.0 Å².